The van der Waals surface area contributed by atoms with Crippen LogP contribution < -0.4 is 16.4 Å². The Labute approximate surface area is 121 Å². The smallest absolute Gasteiger partial charge is 0.225 e. The number of hydrogen-bond acceptors (Lipinski definition) is 5. The molecule has 2 heterocycles. The van der Waals surface area contributed by atoms with Gasteiger partial charge < -0.3 is 16.4 Å². The Hall–Kier alpha value is -1.36. The van der Waals surface area contributed by atoms with E-state index in [9.17, 15) is 0 Å². The Morgan fingerprint density at radius 1 is 0.900 bits per heavy atom. The highest BCUT2D eigenvalue weighted by molar-refractivity contribution is 5.37. The molecule has 2 fully saturated rings. The van der Waals surface area contributed by atoms with E-state index in [4.69, 9.17) is 11.5 Å². The molecule has 0 radical (unpaired) electrons. The van der Waals surface area contributed by atoms with Crippen LogP contribution in [0.1, 0.15) is 51.4 Å². The zero-order chi connectivity index (χ0) is 14.2. The maximum absolute atomic E-state index is 5.63. The van der Waals surface area contributed by atoms with Crippen LogP contribution in [0.25, 0.3) is 0 Å². The maximum Gasteiger partial charge on any atom is 0.225 e. The molecule has 1 saturated carbocycles. The van der Waals surface area contributed by atoms with Crippen molar-refractivity contribution in [2.75, 3.05) is 23.7 Å². The summed E-state index contributed by atoms with van der Waals surface area (Å²) in [6.45, 7) is 2.15. The fraction of sp³-hybridized carbons (Fsp3) is 0.733. The molecule has 1 aliphatic heterocycles. The average Bonchev–Trinajstić information content (AvgIpc) is 2.50. The highest BCUT2D eigenvalue weighted by atomic mass is 15.2. The monoisotopic (exact) mass is 277 g/mol. The molecule has 3 rings (SSSR count). The van der Waals surface area contributed by atoms with E-state index >= 15 is 0 Å². The van der Waals surface area contributed by atoms with Crippen molar-refractivity contribution in [1.82, 2.24) is 9.97 Å². The van der Waals surface area contributed by atoms with Crippen LogP contribution in [-0.4, -0.2) is 29.1 Å². The van der Waals surface area contributed by atoms with Crippen molar-refractivity contribution in [3.63, 3.8) is 0 Å². The van der Waals surface area contributed by atoms with Crippen molar-refractivity contribution in [3.8, 4) is 0 Å². The third-order valence-corrected chi connectivity index (χ3v) is 3.95. The molecule has 0 amide bonds. The van der Waals surface area contributed by atoms with E-state index in [1.54, 1.807) is 12.4 Å². The van der Waals surface area contributed by atoms with Crippen molar-refractivity contribution in [2.45, 2.75) is 57.4 Å². The normalized spacial score (nSPS) is 20.1. The molecule has 1 aromatic heterocycles. The SMILES string of the molecule is NC1CCCCC1.Nc1cnc(N2CCCCC2)nc1. The Bertz CT molecular complexity index is 366. The molecule has 0 atom stereocenters. The van der Waals surface area contributed by atoms with Gasteiger partial charge in [-0.2, -0.15) is 0 Å². The van der Waals surface area contributed by atoms with Crippen molar-refractivity contribution in [2.24, 2.45) is 5.73 Å². The molecule has 2 aliphatic rings. The lowest BCUT2D eigenvalue weighted by Gasteiger charge is -2.26. The summed E-state index contributed by atoms with van der Waals surface area (Å²) in [5, 5.41) is 0. The summed E-state index contributed by atoms with van der Waals surface area (Å²) >= 11 is 0. The fourth-order valence-corrected chi connectivity index (χ4v) is 2.72. The lowest BCUT2D eigenvalue weighted by molar-refractivity contribution is 0.441. The Kier molecular flexibility index (Phi) is 6.05. The van der Waals surface area contributed by atoms with E-state index in [1.807, 2.05) is 0 Å². The summed E-state index contributed by atoms with van der Waals surface area (Å²) in [7, 11) is 0. The Morgan fingerprint density at radius 2 is 1.45 bits per heavy atom. The van der Waals surface area contributed by atoms with Gasteiger partial charge in [0.25, 0.3) is 0 Å². The van der Waals surface area contributed by atoms with Gasteiger partial charge in [0.05, 0.1) is 18.1 Å². The topological polar surface area (TPSA) is 81.1 Å². The van der Waals surface area contributed by atoms with Gasteiger partial charge in [-0.05, 0) is 32.1 Å². The zero-order valence-electron chi connectivity index (χ0n) is 12.3. The van der Waals surface area contributed by atoms with E-state index in [1.165, 1.54) is 51.4 Å². The molecule has 0 spiro atoms. The van der Waals surface area contributed by atoms with Crippen molar-refractivity contribution in [3.05, 3.63) is 12.4 Å². The van der Waals surface area contributed by atoms with Gasteiger partial charge in [-0.1, -0.05) is 19.3 Å². The lowest BCUT2D eigenvalue weighted by atomic mass is 9.97. The Morgan fingerprint density at radius 3 is 1.95 bits per heavy atom. The summed E-state index contributed by atoms with van der Waals surface area (Å²) in [5.41, 5.74) is 11.8. The molecule has 0 bridgehead atoms. The first-order valence-corrected chi connectivity index (χ1v) is 7.84. The minimum Gasteiger partial charge on any atom is -0.396 e. The minimum atomic E-state index is 0.536. The molecule has 112 valence electrons. The number of aromatic nitrogens is 2. The molecule has 0 unspecified atom stereocenters. The van der Waals surface area contributed by atoms with Crippen LogP contribution in [0.15, 0.2) is 12.4 Å². The summed E-state index contributed by atoms with van der Waals surface area (Å²) in [5.74, 6) is 0.814. The summed E-state index contributed by atoms with van der Waals surface area (Å²) in [6.07, 6.45) is 13.8. The number of piperidine rings is 1. The number of rotatable bonds is 1. The van der Waals surface area contributed by atoms with Crippen LogP contribution in [0, 0.1) is 0 Å². The third kappa shape index (κ3) is 4.96. The summed E-state index contributed by atoms with van der Waals surface area (Å²) < 4.78 is 0. The quantitative estimate of drug-likeness (QED) is 0.823. The zero-order valence-corrected chi connectivity index (χ0v) is 12.3. The molecule has 5 heteroatoms. The van der Waals surface area contributed by atoms with Crippen molar-refractivity contribution >= 4 is 11.6 Å². The minimum absolute atomic E-state index is 0.536. The standard InChI is InChI=1S/C9H14N4.C6H13N/c10-8-6-11-9(12-7-8)13-4-2-1-3-5-13;7-6-4-2-1-3-5-6/h6-7H,1-5,10H2;6H,1-5,7H2. The second-order valence-electron chi connectivity index (χ2n) is 5.76. The fourth-order valence-electron chi connectivity index (χ4n) is 2.72. The lowest BCUT2D eigenvalue weighted by Crippen LogP contribution is -2.30. The van der Waals surface area contributed by atoms with Gasteiger partial charge in [0, 0.05) is 19.1 Å². The molecule has 0 aromatic carbocycles. The average molecular weight is 277 g/mol. The van der Waals surface area contributed by atoms with Gasteiger partial charge in [0.2, 0.25) is 5.95 Å². The van der Waals surface area contributed by atoms with E-state index in [-0.39, 0.29) is 0 Å². The van der Waals surface area contributed by atoms with E-state index in [0.717, 1.165) is 19.0 Å². The highest BCUT2D eigenvalue weighted by Crippen LogP contribution is 2.15. The Balaban J connectivity index is 0.000000178. The number of nitrogens with zero attached hydrogens (tertiary/aromatic N) is 3. The molecule has 1 aromatic rings. The van der Waals surface area contributed by atoms with Crippen molar-refractivity contribution in [1.29, 1.82) is 0 Å². The van der Waals surface area contributed by atoms with Crippen LogP contribution in [0.5, 0.6) is 0 Å². The molecule has 1 aliphatic carbocycles. The van der Waals surface area contributed by atoms with Gasteiger partial charge >= 0.3 is 0 Å². The van der Waals surface area contributed by atoms with Crippen molar-refractivity contribution < 1.29 is 0 Å². The predicted molar refractivity (Wildman–Crippen MR) is 83.6 cm³/mol. The summed E-state index contributed by atoms with van der Waals surface area (Å²) in [6, 6.07) is 0.536. The summed E-state index contributed by atoms with van der Waals surface area (Å²) in [4.78, 5) is 10.6. The molecule has 20 heavy (non-hydrogen) atoms. The third-order valence-electron chi connectivity index (χ3n) is 3.95. The first-order chi connectivity index (χ1) is 9.75. The van der Waals surface area contributed by atoms with Gasteiger partial charge in [-0.3, -0.25) is 0 Å². The number of nitrogen functional groups attached to an aromatic ring is 1. The first kappa shape index (κ1) is 15.0. The van der Waals surface area contributed by atoms with Gasteiger partial charge in [0.15, 0.2) is 0 Å². The predicted octanol–water partition coefficient (Wildman–Crippen LogP) is 2.33. The van der Waals surface area contributed by atoms with Gasteiger partial charge in [-0.25, -0.2) is 9.97 Å². The number of anilines is 2. The molecule has 4 N–H and O–H groups in total. The van der Waals surface area contributed by atoms with Gasteiger partial charge in [0.1, 0.15) is 0 Å². The number of hydrogen-bond donors (Lipinski definition) is 2. The molecular weight excluding hydrogens is 250 g/mol. The van der Waals surface area contributed by atoms with Crippen LogP contribution in [-0.2, 0) is 0 Å². The number of nitrogens with two attached hydrogens (primary N) is 2. The van der Waals surface area contributed by atoms with Gasteiger partial charge in [-0.15, -0.1) is 0 Å². The second-order valence-corrected chi connectivity index (χ2v) is 5.76. The first-order valence-electron chi connectivity index (χ1n) is 7.84. The van der Waals surface area contributed by atoms with E-state index in [2.05, 4.69) is 14.9 Å². The largest absolute Gasteiger partial charge is 0.396 e. The molecule has 5 nitrogen and oxygen atoms in total. The van der Waals surface area contributed by atoms with E-state index < -0.39 is 0 Å². The molecule has 1 saturated heterocycles. The van der Waals surface area contributed by atoms with Crippen LogP contribution >= 0.6 is 0 Å². The highest BCUT2D eigenvalue weighted by Gasteiger charge is 2.12. The van der Waals surface area contributed by atoms with Crippen LogP contribution in [0.4, 0.5) is 11.6 Å². The maximum atomic E-state index is 5.63. The molecular formula is C15H27N5. The van der Waals surface area contributed by atoms with E-state index in [0.29, 0.717) is 11.7 Å². The second kappa shape index (κ2) is 8.04. The van der Waals surface area contributed by atoms with Crippen LogP contribution in [0.3, 0.4) is 0 Å². The van der Waals surface area contributed by atoms with Crippen LogP contribution in [0.2, 0.25) is 0 Å².